The van der Waals surface area contributed by atoms with Gasteiger partial charge in [0, 0.05) is 32.0 Å². The topological polar surface area (TPSA) is 41.0 Å². The first-order valence-electron chi connectivity index (χ1n) is 5.89. The number of hydrogen-bond acceptors (Lipinski definition) is 4. The quantitative estimate of drug-likeness (QED) is 0.704. The molecule has 0 aromatic carbocycles. The molecule has 0 unspecified atom stereocenters. The third-order valence-electron chi connectivity index (χ3n) is 2.36. The molecule has 0 saturated carbocycles. The fourth-order valence-corrected chi connectivity index (χ4v) is 1.43. The SMILES string of the molecule is CCCNCCN(C)Cc1cnc(C)cn1. The summed E-state index contributed by atoms with van der Waals surface area (Å²) in [7, 11) is 2.11. The smallest absolute Gasteiger partial charge is 0.0726 e. The molecule has 0 saturated heterocycles. The van der Waals surface area contributed by atoms with Gasteiger partial charge in [-0.2, -0.15) is 0 Å². The Labute approximate surface area is 98.1 Å². The summed E-state index contributed by atoms with van der Waals surface area (Å²) in [6.45, 7) is 8.16. The van der Waals surface area contributed by atoms with Gasteiger partial charge in [-0.05, 0) is 26.9 Å². The van der Waals surface area contributed by atoms with Crippen LogP contribution in [0, 0.1) is 6.92 Å². The standard InChI is InChI=1S/C12H22N4/c1-4-5-13-6-7-16(3)10-12-9-14-11(2)8-15-12/h8-9,13H,4-7,10H2,1-3H3. The number of rotatable bonds is 7. The zero-order chi connectivity index (χ0) is 11.8. The van der Waals surface area contributed by atoms with Crippen molar-refractivity contribution in [1.82, 2.24) is 20.2 Å². The summed E-state index contributed by atoms with van der Waals surface area (Å²) in [4.78, 5) is 10.8. The maximum absolute atomic E-state index is 4.34. The number of nitrogens with zero attached hydrogens (tertiary/aromatic N) is 3. The lowest BCUT2D eigenvalue weighted by Gasteiger charge is -2.16. The molecule has 1 aromatic heterocycles. The molecule has 1 heterocycles. The minimum absolute atomic E-state index is 0.862. The van der Waals surface area contributed by atoms with Crippen molar-refractivity contribution in [2.45, 2.75) is 26.8 Å². The highest BCUT2D eigenvalue weighted by Gasteiger charge is 2.01. The molecule has 4 heteroatoms. The average molecular weight is 222 g/mol. The molecule has 0 aliphatic rings. The monoisotopic (exact) mass is 222 g/mol. The van der Waals surface area contributed by atoms with E-state index in [1.165, 1.54) is 6.42 Å². The van der Waals surface area contributed by atoms with Crippen molar-refractivity contribution >= 4 is 0 Å². The second-order valence-corrected chi connectivity index (χ2v) is 4.14. The van der Waals surface area contributed by atoms with Crippen LogP contribution in [0.1, 0.15) is 24.7 Å². The average Bonchev–Trinajstić information content (AvgIpc) is 2.28. The van der Waals surface area contributed by atoms with Crippen LogP contribution >= 0.6 is 0 Å². The first kappa shape index (κ1) is 13.1. The predicted molar refractivity (Wildman–Crippen MR) is 66.3 cm³/mol. The van der Waals surface area contributed by atoms with Crippen LogP contribution < -0.4 is 5.32 Å². The summed E-state index contributed by atoms with van der Waals surface area (Å²) < 4.78 is 0. The Morgan fingerprint density at radius 3 is 2.69 bits per heavy atom. The first-order valence-corrected chi connectivity index (χ1v) is 5.89. The van der Waals surface area contributed by atoms with E-state index < -0.39 is 0 Å². The Morgan fingerprint density at radius 2 is 2.06 bits per heavy atom. The highest BCUT2D eigenvalue weighted by molar-refractivity contribution is 5.00. The molecule has 0 fully saturated rings. The van der Waals surface area contributed by atoms with Gasteiger partial charge in [-0.1, -0.05) is 6.92 Å². The predicted octanol–water partition coefficient (Wildman–Crippen LogP) is 1.22. The van der Waals surface area contributed by atoms with Crippen molar-refractivity contribution < 1.29 is 0 Å². The van der Waals surface area contributed by atoms with E-state index in [4.69, 9.17) is 0 Å². The van der Waals surface area contributed by atoms with E-state index in [0.717, 1.165) is 37.6 Å². The van der Waals surface area contributed by atoms with Gasteiger partial charge in [0.15, 0.2) is 0 Å². The molecule has 90 valence electrons. The lowest BCUT2D eigenvalue weighted by Crippen LogP contribution is -2.29. The third kappa shape index (κ3) is 5.19. The van der Waals surface area contributed by atoms with Crippen molar-refractivity contribution in [2.75, 3.05) is 26.7 Å². The molecular weight excluding hydrogens is 200 g/mol. The molecule has 1 N–H and O–H groups in total. The fraction of sp³-hybridized carbons (Fsp3) is 0.667. The zero-order valence-corrected chi connectivity index (χ0v) is 10.5. The van der Waals surface area contributed by atoms with E-state index in [2.05, 4.69) is 34.2 Å². The minimum Gasteiger partial charge on any atom is -0.315 e. The van der Waals surface area contributed by atoms with Gasteiger partial charge >= 0.3 is 0 Å². The van der Waals surface area contributed by atoms with Gasteiger partial charge in [-0.3, -0.25) is 14.9 Å². The molecule has 0 spiro atoms. The Morgan fingerprint density at radius 1 is 1.25 bits per heavy atom. The molecule has 0 aliphatic heterocycles. The highest BCUT2D eigenvalue weighted by Crippen LogP contribution is 1.97. The normalized spacial score (nSPS) is 11.0. The van der Waals surface area contributed by atoms with Gasteiger partial charge in [0.1, 0.15) is 0 Å². The Kier molecular flexibility index (Phi) is 5.96. The summed E-state index contributed by atoms with van der Waals surface area (Å²) in [6.07, 6.45) is 4.86. The molecule has 0 amide bonds. The summed E-state index contributed by atoms with van der Waals surface area (Å²) in [5.41, 5.74) is 2.00. The Bertz CT molecular complexity index is 284. The largest absolute Gasteiger partial charge is 0.315 e. The Hall–Kier alpha value is -1.00. The van der Waals surface area contributed by atoms with E-state index >= 15 is 0 Å². The molecule has 0 radical (unpaired) electrons. The van der Waals surface area contributed by atoms with Crippen LogP contribution in [0.25, 0.3) is 0 Å². The second-order valence-electron chi connectivity index (χ2n) is 4.14. The zero-order valence-electron chi connectivity index (χ0n) is 10.5. The minimum atomic E-state index is 0.862. The van der Waals surface area contributed by atoms with Gasteiger partial charge in [0.05, 0.1) is 11.4 Å². The molecule has 1 rings (SSSR count). The van der Waals surface area contributed by atoms with Gasteiger partial charge in [-0.15, -0.1) is 0 Å². The lowest BCUT2D eigenvalue weighted by molar-refractivity contribution is 0.320. The van der Waals surface area contributed by atoms with Crippen molar-refractivity contribution in [2.24, 2.45) is 0 Å². The van der Waals surface area contributed by atoms with Crippen LogP contribution in [0.3, 0.4) is 0 Å². The van der Waals surface area contributed by atoms with Crippen LogP contribution in [0.4, 0.5) is 0 Å². The summed E-state index contributed by atoms with van der Waals surface area (Å²) >= 11 is 0. The molecule has 16 heavy (non-hydrogen) atoms. The third-order valence-corrected chi connectivity index (χ3v) is 2.36. The molecule has 0 aliphatic carbocycles. The maximum Gasteiger partial charge on any atom is 0.0726 e. The van der Waals surface area contributed by atoms with Gasteiger partial charge in [-0.25, -0.2) is 0 Å². The highest BCUT2D eigenvalue weighted by atomic mass is 15.1. The van der Waals surface area contributed by atoms with Crippen molar-refractivity contribution in [3.8, 4) is 0 Å². The summed E-state index contributed by atoms with van der Waals surface area (Å²) in [5, 5.41) is 3.38. The summed E-state index contributed by atoms with van der Waals surface area (Å²) in [6, 6.07) is 0. The van der Waals surface area contributed by atoms with E-state index in [0.29, 0.717) is 0 Å². The second kappa shape index (κ2) is 7.30. The molecule has 0 bridgehead atoms. The van der Waals surface area contributed by atoms with Crippen LogP contribution in [-0.2, 0) is 6.54 Å². The number of aryl methyl sites for hydroxylation is 1. The van der Waals surface area contributed by atoms with Gasteiger partial charge in [0.25, 0.3) is 0 Å². The van der Waals surface area contributed by atoms with E-state index in [9.17, 15) is 0 Å². The first-order chi connectivity index (χ1) is 7.72. The lowest BCUT2D eigenvalue weighted by atomic mass is 10.4. The van der Waals surface area contributed by atoms with Crippen LogP contribution in [0.15, 0.2) is 12.4 Å². The number of likely N-dealkylation sites (N-methyl/N-ethyl adjacent to an activating group) is 1. The van der Waals surface area contributed by atoms with Crippen molar-refractivity contribution in [3.63, 3.8) is 0 Å². The molecular formula is C12H22N4. The fourth-order valence-electron chi connectivity index (χ4n) is 1.43. The molecule has 4 nitrogen and oxygen atoms in total. The number of aromatic nitrogens is 2. The van der Waals surface area contributed by atoms with E-state index in [-0.39, 0.29) is 0 Å². The van der Waals surface area contributed by atoms with E-state index in [1.807, 2.05) is 19.3 Å². The van der Waals surface area contributed by atoms with Gasteiger partial charge < -0.3 is 5.32 Å². The van der Waals surface area contributed by atoms with Crippen molar-refractivity contribution in [1.29, 1.82) is 0 Å². The van der Waals surface area contributed by atoms with Gasteiger partial charge in [0.2, 0.25) is 0 Å². The van der Waals surface area contributed by atoms with Crippen LogP contribution in [0.2, 0.25) is 0 Å². The number of hydrogen-bond donors (Lipinski definition) is 1. The van der Waals surface area contributed by atoms with Crippen LogP contribution in [0.5, 0.6) is 0 Å². The van der Waals surface area contributed by atoms with Crippen LogP contribution in [-0.4, -0.2) is 41.5 Å². The molecule has 1 aromatic rings. The molecule has 0 atom stereocenters. The van der Waals surface area contributed by atoms with E-state index in [1.54, 1.807) is 0 Å². The summed E-state index contributed by atoms with van der Waals surface area (Å²) in [5.74, 6) is 0. The van der Waals surface area contributed by atoms with Crippen molar-refractivity contribution in [3.05, 3.63) is 23.8 Å². The Balaban J connectivity index is 2.23. The maximum atomic E-state index is 4.34. The number of nitrogens with one attached hydrogen (secondary N) is 1.